The Labute approximate surface area is 585 Å². The smallest absolute Gasteiger partial charge is 0.252 e. The van der Waals surface area contributed by atoms with Crippen LogP contribution in [0.5, 0.6) is 0 Å². The molecule has 19 aromatic rings. The molecule has 0 amide bonds. The lowest BCUT2D eigenvalue weighted by atomic mass is 9.33. The van der Waals surface area contributed by atoms with Crippen molar-refractivity contribution in [3.05, 3.63) is 345 Å². The molecule has 2 aliphatic rings. The molecule has 474 valence electrons. The molecule has 0 spiro atoms. The normalized spacial score (nSPS) is 12.8. The van der Waals surface area contributed by atoms with Gasteiger partial charge >= 0.3 is 0 Å². The van der Waals surface area contributed by atoms with E-state index < -0.39 is 0 Å². The van der Waals surface area contributed by atoms with Crippen LogP contribution >= 0.6 is 0 Å². The molecule has 0 bridgehead atoms. The number of hydrogen-bond donors (Lipinski definition) is 0. The van der Waals surface area contributed by atoms with Crippen LogP contribution in [-0.2, 0) is 5.41 Å². The fraction of sp³-hybridized carbons (Fsp3) is 0.0426. The first-order chi connectivity index (χ1) is 49.8. The highest BCUT2D eigenvalue weighted by molar-refractivity contribution is 7.00. The lowest BCUT2D eigenvalue weighted by Gasteiger charge is -2.46. The van der Waals surface area contributed by atoms with E-state index in [4.69, 9.17) is 0 Å². The van der Waals surface area contributed by atoms with Crippen LogP contribution in [0, 0.1) is 0 Å². The van der Waals surface area contributed by atoms with Crippen molar-refractivity contribution in [1.29, 1.82) is 0 Å². The third kappa shape index (κ3) is 8.35. The first-order valence-electron chi connectivity index (χ1n) is 35.2. The van der Waals surface area contributed by atoms with Gasteiger partial charge in [-0.2, -0.15) is 0 Å². The molecule has 15 aromatic carbocycles. The van der Waals surface area contributed by atoms with Gasteiger partial charge in [-0.3, -0.25) is 0 Å². The van der Waals surface area contributed by atoms with Gasteiger partial charge in [-0.05, 0) is 136 Å². The Morgan fingerprint density at radius 2 is 0.545 bits per heavy atom. The predicted octanol–water partition coefficient (Wildman–Crippen LogP) is 22.8. The molecule has 0 saturated carbocycles. The molecule has 0 fully saturated rings. The number of hydrogen-bond acceptors (Lipinski definition) is 2. The van der Waals surface area contributed by atoms with Crippen molar-refractivity contribution in [3.63, 3.8) is 0 Å². The van der Waals surface area contributed by atoms with E-state index in [1.54, 1.807) is 0 Å². The zero-order valence-corrected chi connectivity index (χ0v) is 56.1. The molecule has 0 radical (unpaired) electrons. The summed E-state index contributed by atoms with van der Waals surface area (Å²) in [6, 6.07) is 127. The average molecular weight is 1290 g/mol. The summed E-state index contributed by atoms with van der Waals surface area (Å²) >= 11 is 0. The van der Waals surface area contributed by atoms with Crippen molar-refractivity contribution in [2.75, 3.05) is 9.80 Å². The highest BCUT2D eigenvalue weighted by Crippen LogP contribution is 2.52. The van der Waals surface area contributed by atoms with E-state index in [2.05, 4.69) is 389 Å². The highest BCUT2D eigenvalue weighted by atomic mass is 15.2. The van der Waals surface area contributed by atoms with Crippen molar-refractivity contribution in [1.82, 2.24) is 18.3 Å². The summed E-state index contributed by atoms with van der Waals surface area (Å²) in [5, 5.41) is 9.75. The molecular formula is C94H65BN6. The lowest BCUT2D eigenvalue weighted by molar-refractivity contribution is 0.590. The Bertz CT molecular complexity index is 6160. The monoisotopic (exact) mass is 1290 g/mol. The number of fused-ring (bicyclic) bond motifs is 16. The molecular weight excluding hydrogens is 1220 g/mol. The van der Waals surface area contributed by atoms with Gasteiger partial charge in [-0.25, -0.2) is 0 Å². The summed E-state index contributed by atoms with van der Waals surface area (Å²) < 4.78 is 10.1. The summed E-state index contributed by atoms with van der Waals surface area (Å²) in [5.41, 5.74) is 29.8. The van der Waals surface area contributed by atoms with Crippen LogP contribution < -0.4 is 26.2 Å². The van der Waals surface area contributed by atoms with E-state index in [0.717, 1.165) is 101 Å². The Balaban J connectivity index is 0.880. The number of anilines is 6. The summed E-state index contributed by atoms with van der Waals surface area (Å²) in [7, 11) is 0. The summed E-state index contributed by atoms with van der Waals surface area (Å²) in [6.45, 7) is 6.92. The fourth-order valence-corrected chi connectivity index (χ4v) is 17.5. The maximum absolute atomic E-state index is 2.64. The second kappa shape index (κ2) is 21.8. The molecule has 4 aromatic heterocycles. The fourth-order valence-electron chi connectivity index (χ4n) is 17.5. The SMILES string of the molecule is CC(C)(C)c1cc2c3c(c1)N(c1ccccc1-c1ccccc1)c1cc(-n4c5ccccc5c5cccc(-n6c7ccccc7c7ccccc76)c54)ccc1B3c1ccc(-n3c4ccccc4c4cccc(-n5c6ccccc6c6ccccc65)c43)cc1N2c1ccccc1-c1ccccc1. The Morgan fingerprint density at radius 3 is 0.921 bits per heavy atom. The highest BCUT2D eigenvalue weighted by Gasteiger charge is 2.45. The van der Waals surface area contributed by atoms with Gasteiger partial charge in [0.2, 0.25) is 0 Å². The molecule has 0 atom stereocenters. The van der Waals surface area contributed by atoms with Crippen LogP contribution in [0.25, 0.3) is 132 Å². The second-order valence-corrected chi connectivity index (χ2v) is 28.3. The maximum atomic E-state index is 2.64. The zero-order chi connectivity index (χ0) is 66.8. The predicted molar refractivity (Wildman–Crippen MR) is 427 cm³/mol. The molecule has 6 heterocycles. The number of aromatic nitrogens is 4. The van der Waals surface area contributed by atoms with Gasteiger partial charge in [0.05, 0.1) is 66.9 Å². The first-order valence-corrected chi connectivity index (χ1v) is 35.2. The van der Waals surface area contributed by atoms with Gasteiger partial charge in [0.1, 0.15) is 0 Å². The summed E-state index contributed by atoms with van der Waals surface area (Å²) in [5.74, 6) is 0. The molecule has 6 nitrogen and oxygen atoms in total. The van der Waals surface area contributed by atoms with E-state index in [9.17, 15) is 0 Å². The van der Waals surface area contributed by atoms with E-state index in [1.165, 1.54) is 87.1 Å². The van der Waals surface area contributed by atoms with Crippen molar-refractivity contribution in [3.8, 4) is 45.0 Å². The first kappa shape index (κ1) is 57.3. The minimum absolute atomic E-state index is 0.208. The van der Waals surface area contributed by atoms with Crippen molar-refractivity contribution < 1.29 is 0 Å². The van der Waals surface area contributed by atoms with Gasteiger partial charge in [0.25, 0.3) is 6.71 Å². The minimum atomic E-state index is -0.279. The number of para-hydroxylation sites is 10. The third-order valence-corrected chi connectivity index (χ3v) is 21.9. The van der Waals surface area contributed by atoms with Gasteiger partial charge in [-0.15, -0.1) is 0 Å². The largest absolute Gasteiger partial charge is 0.311 e. The molecule has 0 aliphatic carbocycles. The van der Waals surface area contributed by atoms with Gasteiger partial charge in [-0.1, -0.05) is 263 Å². The molecule has 2 aliphatic heterocycles. The Kier molecular flexibility index (Phi) is 12.4. The van der Waals surface area contributed by atoms with Crippen molar-refractivity contribution >= 4 is 144 Å². The van der Waals surface area contributed by atoms with Crippen LogP contribution in [0.15, 0.2) is 340 Å². The van der Waals surface area contributed by atoms with Gasteiger partial charge < -0.3 is 28.1 Å². The number of nitrogens with zero attached hydrogens (tertiary/aromatic N) is 6. The summed E-state index contributed by atoms with van der Waals surface area (Å²) in [4.78, 5) is 5.28. The van der Waals surface area contributed by atoms with Crippen LogP contribution in [0.1, 0.15) is 26.3 Å². The molecule has 0 N–H and O–H groups in total. The molecule has 101 heavy (non-hydrogen) atoms. The van der Waals surface area contributed by atoms with Gasteiger partial charge in [0.15, 0.2) is 0 Å². The maximum Gasteiger partial charge on any atom is 0.252 e. The van der Waals surface area contributed by atoms with Crippen LogP contribution in [-0.4, -0.2) is 25.0 Å². The lowest BCUT2D eigenvalue weighted by Crippen LogP contribution is -2.61. The molecule has 21 rings (SSSR count). The molecule has 7 heteroatoms. The molecule has 0 saturated heterocycles. The zero-order valence-electron chi connectivity index (χ0n) is 56.1. The second-order valence-electron chi connectivity index (χ2n) is 28.3. The van der Waals surface area contributed by atoms with E-state index >= 15 is 0 Å². The van der Waals surface area contributed by atoms with Crippen LogP contribution in [0.4, 0.5) is 34.1 Å². The van der Waals surface area contributed by atoms with E-state index in [1.807, 2.05) is 0 Å². The van der Waals surface area contributed by atoms with Crippen LogP contribution in [0.3, 0.4) is 0 Å². The Morgan fingerprint density at radius 1 is 0.238 bits per heavy atom. The average Bonchev–Trinajstić information content (AvgIpc) is 1.37. The Hall–Kier alpha value is -12.8. The minimum Gasteiger partial charge on any atom is -0.311 e. The molecule has 0 unspecified atom stereocenters. The standard InChI is InChI=1S/C94H65BN6/c1-94(2,3)62-56-89-91-90(57-62)101(78-43-19-11-33-66(78)61-30-8-5-9-31-61)88-59-64(97-80-45-21-17-39-72(80)74-41-27-51-86(93(74)97)99-83-48-24-14-36-69(83)70-37-15-25-49-84(70)99)53-55-76(88)95(91)75-54-52-63(58-87(75)100(89)77-42-18-10-32-65(77)60-28-6-4-7-29-60)96-79-44-20-16-38-71(79)73-40-26-50-85(92(73)96)98-81-46-22-12-34-67(81)68-35-13-23-47-82(68)98/h4-59H,1-3H3. The third-order valence-electron chi connectivity index (χ3n) is 21.9. The van der Waals surface area contributed by atoms with Crippen molar-refractivity contribution in [2.45, 2.75) is 26.2 Å². The summed E-state index contributed by atoms with van der Waals surface area (Å²) in [6.07, 6.45) is 0. The van der Waals surface area contributed by atoms with Gasteiger partial charge in [0, 0.05) is 88.3 Å². The van der Waals surface area contributed by atoms with E-state index in [-0.39, 0.29) is 12.1 Å². The number of benzene rings is 15. The van der Waals surface area contributed by atoms with Crippen molar-refractivity contribution in [2.24, 2.45) is 0 Å². The van der Waals surface area contributed by atoms with E-state index in [0.29, 0.717) is 0 Å². The number of rotatable bonds is 8. The quantitative estimate of drug-likeness (QED) is 0.142. The van der Waals surface area contributed by atoms with Crippen LogP contribution in [0.2, 0.25) is 0 Å². The topological polar surface area (TPSA) is 26.2 Å².